The van der Waals surface area contributed by atoms with Crippen molar-refractivity contribution in [2.24, 2.45) is 0 Å². The number of piperidine rings is 1. The Morgan fingerprint density at radius 3 is 3.19 bits per heavy atom. The van der Waals surface area contributed by atoms with E-state index >= 15 is 0 Å². The molecule has 2 N–H and O–H groups in total. The first kappa shape index (κ1) is 9.59. The van der Waals surface area contributed by atoms with E-state index in [2.05, 4.69) is 31.3 Å². The predicted octanol–water partition coefficient (Wildman–Crippen LogP) is 1.20. The zero-order chi connectivity index (χ0) is 10.8. The van der Waals surface area contributed by atoms with Gasteiger partial charge in [0.25, 0.3) is 0 Å². The van der Waals surface area contributed by atoms with Crippen molar-refractivity contribution < 1.29 is 0 Å². The predicted molar refractivity (Wildman–Crippen MR) is 60.9 cm³/mol. The third-order valence-electron chi connectivity index (χ3n) is 3.07. The minimum Gasteiger partial charge on any atom is -0.332 e. The Bertz CT molecular complexity index is 439. The quantitative estimate of drug-likeness (QED) is 0.794. The van der Waals surface area contributed by atoms with Crippen molar-refractivity contribution >= 4 is 0 Å². The van der Waals surface area contributed by atoms with Gasteiger partial charge in [-0.3, -0.25) is 5.10 Å². The van der Waals surface area contributed by atoms with E-state index in [0.717, 1.165) is 24.5 Å². The number of H-pyrrole nitrogens is 1. The number of hydrogen-bond acceptors (Lipinski definition) is 3. The van der Waals surface area contributed by atoms with Crippen molar-refractivity contribution in [1.82, 2.24) is 25.1 Å². The molecule has 1 unspecified atom stereocenters. The Hall–Kier alpha value is -1.62. The lowest BCUT2D eigenvalue weighted by Crippen LogP contribution is -2.31. The van der Waals surface area contributed by atoms with E-state index in [1.807, 2.05) is 12.4 Å². The highest BCUT2D eigenvalue weighted by molar-refractivity contribution is 5.51. The first-order chi connectivity index (χ1) is 7.93. The molecular formula is C11H15N5. The zero-order valence-electron chi connectivity index (χ0n) is 9.06. The largest absolute Gasteiger partial charge is 0.332 e. The van der Waals surface area contributed by atoms with Gasteiger partial charge in [0.1, 0.15) is 5.69 Å². The van der Waals surface area contributed by atoms with Gasteiger partial charge in [-0.1, -0.05) is 0 Å². The number of aromatic amines is 1. The van der Waals surface area contributed by atoms with E-state index in [4.69, 9.17) is 0 Å². The average Bonchev–Trinajstić information content (AvgIpc) is 3.01. The van der Waals surface area contributed by atoms with Gasteiger partial charge in [0.2, 0.25) is 0 Å². The van der Waals surface area contributed by atoms with E-state index in [1.54, 1.807) is 6.20 Å². The number of nitrogens with one attached hydrogen (secondary N) is 2. The zero-order valence-corrected chi connectivity index (χ0v) is 9.06. The number of hydrogen-bond donors (Lipinski definition) is 2. The summed E-state index contributed by atoms with van der Waals surface area (Å²) in [6.45, 7) is 2.18. The molecule has 0 spiro atoms. The summed E-state index contributed by atoms with van der Waals surface area (Å²) in [5.41, 5.74) is 1.94. The van der Waals surface area contributed by atoms with Gasteiger partial charge in [-0.2, -0.15) is 5.10 Å². The van der Waals surface area contributed by atoms with Crippen molar-refractivity contribution in [3.8, 4) is 11.4 Å². The van der Waals surface area contributed by atoms with Crippen LogP contribution in [0.3, 0.4) is 0 Å². The SMILES string of the molecule is c1cc(-c2cn(C3CCCNC3)cn2)[nH]n1. The van der Waals surface area contributed by atoms with Crippen molar-refractivity contribution in [3.63, 3.8) is 0 Å². The highest BCUT2D eigenvalue weighted by Gasteiger charge is 2.15. The third kappa shape index (κ3) is 1.74. The van der Waals surface area contributed by atoms with E-state index in [0.29, 0.717) is 6.04 Å². The van der Waals surface area contributed by atoms with Crippen molar-refractivity contribution in [2.45, 2.75) is 18.9 Å². The fraction of sp³-hybridized carbons (Fsp3) is 0.455. The smallest absolute Gasteiger partial charge is 0.106 e. The Morgan fingerprint density at radius 2 is 2.44 bits per heavy atom. The maximum Gasteiger partial charge on any atom is 0.106 e. The van der Waals surface area contributed by atoms with Crippen LogP contribution in [0, 0.1) is 0 Å². The highest BCUT2D eigenvalue weighted by atomic mass is 15.1. The normalized spacial score (nSPS) is 21.1. The standard InChI is InChI=1S/C11H15N5/c1-2-9(6-12-4-1)16-7-11(13-8-16)10-3-5-14-15-10/h3,5,7-9,12H,1-2,4,6H2,(H,14,15). The van der Waals surface area contributed by atoms with Crippen LogP contribution in [-0.2, 0) is 0 Å². The van der Waals surface area contributed by atoms with Gasteiger partial charge in [-0.25, -0.2) is 4.98 Å². The molecule has 0 saturated carbocycles. The summed E-state index contributed by atoms with van der Waals surface area (Å²) in [5.74, 6) is 0. The number of nitrogens with zero attached hydrogens (tertiary/aromatic N) is 3. The minimum atomic E-state index is 0.540. The van der Waals surface area contributed by atoms with E-state index in [9.17, 15) is 0 Å². The first-order valence-corrected chi connectivity index (χ1v) is 5.67. The second-order valence-electron chi connectivity index (χ2n) is 4.18. The summed E-state index contributed by atoms with van der Waals surface area (Å²) in [5, 5.41) is 10.3. The number of imidazole rings is 1. The first-order valence-electron chi connectivity index (χ1n) is 5.67. The Morgan fingerprint density at radius 1 is 1.44 bits per heavy atom. The second-order valence-corrected chi connectivity index (χ2v) is 4.18. The molecule has 5 nitrogen and oxygen atoms in total. The maximum atomic E-state index is 4.40. The Labute approximate surface area is 93.9 Å². The molecule has 2 aromatic heterocycles. The molecule has 1 saturated heterocycles. The summed E-state index contributed by atoms with van der Waals surface area (Å²) in [6.07, 6.45) is 8.21. The maximum absolute atomic E-state index is 4.40. The van der Waals surface area contributed by atoms with Gasteiger partial charge < -0.3 is 9.88 Å². The highest BCUT2D eigenvalue weighted by Crippen LogP contribution is 2.20. The van der Waals surface area contributed by atoms with Crippen molar-refractivity contribution in [1.29, 1.82) is 0 Å². The Kier molecular flexibility index (Phi) is 2.46. The number of aromatic nitrogens is 4. The number of rotatable bonds is 2. The monoisotopic (exact) mass is 217 g/mol. The van der Waals surface area contributed by atoms with E-state index < -0.39 is 0 Å². The van der Waals surface area contributed by atoms with Gasteiger partial charge >= 0.3 is 0 Å². The van der Waals surface area contributed by atoms with Crippen molar-refractivity contribution in [2.75, 3.05) is 13.1 Å². The summed E-state index contributed by atoms with van der Waals surface area (Å²) in [6, 6.07) is 2.48. The van der Waals surface area contributed by atoms with Crippen LogP contribution in [0.2, 0.25) is 0 Å². The summed E-state index contributed by atoms with van der Waals surface area (Å²) in [7, 11) is 0. The van der Waals surface area contributed by atoms with Gasteiger partial charge in [-0.15, -0.1) is 0 Å². The molecule has 84 valence electrons. The molecule has 3 heterocycles. The molecule has 0 amide bonds. The third-order valence-corrected chi connectivity index (χ3v) is 3.07. The fourth-order valence-electron chi connectivity index (χ4n) is 2.16. The second kappa shape index (κ2) is 4.09. The van der Waals surface area contributed by atoms with Crippen molar-refractivity contribution in [3.05, 3.63) is 24.8 Å². The molecule has 2 aromatic rings. The molecule has 0 radical (unpaired) electrons. The molecule has 5 heteroatoms. The van der Waals surface area contributed by atoms with E-state index in [-0.39, 0.29) is 0 Å². The topological polar surface area (TPSA) is 58.5 Å². The summed E-state index contributed by atoms with van der Waals surface area (Å²) >= 11 is 0. The summed E-state index contributed by atoms with van der Waals surface area (Å²) in [4.78, 5) is 4.40. The van der Waals surface area contributed by atoms with Crippen LogP contribution in [0.4, 0.5) is 0 Å². The fourth-order valence-corrected chi connectivity index (χ4v) is 2.16. The molecule has 0 aliphatic carbocycles. The lowest BCUT2D eigenvalue weighted by Gasteiger charge is -2.23. The van der Waals surface area contributed by atoms with Gasteiger partial charge in [0.05, 0.1) is 12.0 Å². The molecule has 1 aliphatic rings. The van der Waals surface area contributed by atoms with Gasteiger partial charge in [-0.05, 0) is 25.5 Å². The lowest BCUT2D eigenvalue weighted by atomic mass is 10.1. The molecule has 1 fully saturated rings. The van der Waals surface area contributed by atoms with Crippen LogP contribution < -0.4 is 5.32 Å². The molecular weight excluding hydrogens is 202 g/mol. The molecule has 16 heavy (non-hydrogen) atoms. The van der Waals surface area contributed by atoms with Crippen LogP contribution >= 0.6 is 0 Å². The van der Waals surface area contributed by atoms with Crippen LogP contribution in [-0.4, -0.2) is 32.8 Å². The van der Waals surface area contributed by atoms with E-state index in [1.165, 1.54) is 12.8 Å². The van der Waals surface area contributed by atoms with Crippen LogP contribution in [0.1, 0.15) is 18.9 Å². The summed E-state index contributed by atoms with van der Waals surface area (Å²) < 4.78 is 2.20. The minimum absolute atomic E-state index is 0.540. The molecule has 3 rings (SSSR count). The van der Waals surface area contributed by atoms with Crippen LogP contribution in [0.15, 0.2) is 24.8 Å². The average molecular weight is 217 g/mol. The Balaban J connectivity index is 1.82. The molecule has 1 aliphatic heterocycles. The van der Waals surface area contributed by atoms with Crippen LogP contribution in [0.5, 0.6) is 0 Å². The molecule has 0 aromatic carbocycles. The van der Waals surface area contributed by atoms with Gasteiger partial charge in [0, 0.05) is 25.0 Å². The lowest BCUT2D eigenvalue weighted by molar-refractivity contribution is 0.371. The van der Waals surface area contributed by atoms with Gasteiger partial charge in [0.15, 0.2) is 0 Å². The molecule has 1 atom stereocenters. The van der Waals surface area contributed by atoms with Crippen LogP contribution in [0.25, 0.3) is 11.4 Å². The molecule has 0 bridgehead atoms.